The molecule has 0 aliphatic rings. The molecule has 0 fully saturated rings. The lowest BCUT2D eigenvalue weighted by atomic mass is 10.2. The second-order valence-corrected chi connectivity index (χ2v) is 5.61. The fourth-order valence-corrected chi connectivity index (χ4v) is 1.96. The fourth-order valence-electron chi connectivity index (χ4n) is 1.60. The lowest BCUT2D eigenvalue weighted by Gasteiger charge is -2.17. The van der Waals surface area contributed by atoms with Crippen LogP contribution in [0.4, 0.5) is 0 Å². The van der Waals surface area contributed by atoms with E-state index < -0.39 is 0 Å². The minimum Gasteiger partial charge on any atom is -0.385 e. The Bertz CT molecular complexity index is 448. The highest BCUT2D eigenvalue weighted by molar-refractivity contribution is 14.1. The standard InChI is InChI=1S/C14H19IN2O3/c1-17(10-13(18)16-8-3-9-20-2)14(19)11-4-6-12(15)7-5-11/h4-7H,3,8-10H2,1-2H3,(H,16,18). The summed E-state index contributed by atoms with van der Waals surface area (Å²) in [5, 5.41) is 2.75. The maximum Gasteiger partial charge on any atom is 0.254 e. The average molecular weight is 390 g/mol. The Morgan fingerprint density at radius 3 is 2.55 bits per heavy atom. The van der Waals surface area contributed by atoms with Crippen LogP contribution in [-0.2, 0) is 9.53 Å². The number of likely N-dealkylation sites (N-methyl/N-ethyl adjacent to an activating group) is 1. The van der Waals surface area contributed by atoms with Gasteiger partial charge in [-0.3, -0.25) is 9.59 Å². The maximum absolute atomic E-state index is 12.1. The van der Waals surface area contributed by atoms with Crippen LogP contribution < -0.4 is 5.32 Å². The lowest BCUT2D eigenvalue weighted by Crippen LogP contribution is -2.38. The first-order valence-electron chi connectivity index (χ1n) is 6.31. The third-order valence-corrected chi connectivity index (χ3v) is 3.39. The molecule has 0 aliphatic heterocycles. The van der Waals surface area contributed by atoms with Crippen LogP contribution in [-0.4, -0.2) is 50.6 Å². The number of ether oxygens (including phenoxy) is 1. The van der Waals surface area contributed by atoms with E-state index >= 15 is 0 Å². The lowest BCUT2D eigenvalue weighted by molar-refractivity contribution is -0.121. The molecular weight excluding hydrogens is 371 g/mol. The molecule has 1 rings (SSSR count). The third-order valence-electron chi connectivity index (χ3n) is 2.67. The number of halogens is 1. The van der Waals surface area contributed by atoms with Crippen molar-refractivity contribution in [1.29, 1.82) is 0 Å². The Morgan fingerprint density at radius 1 is 1.30 bits per heavy atom. The molecular formula is C14H19IN2O3. The van der Waals surface area contributed by atoms with E-state index in [1.165, 1.54) is 4.90 Å². The van der Waals surface area contributed by atoms with Gasteiger partial charge in [0.05, 0.1) is 6.54 Å². The number of carbonyl (C=O) groups excluding carboxylic acids is 2. The average Bonchev–Trinajstić information content (AvgIpc) is 2.43. The molecule has 0 radical (unpaired) electrons. The summed E-state index contributed by atoms with van der Waals surface area (Å²) in [4.78, 5) is 25.2. The normalized spacial score (nSPS) is 10.2. The first-order valence-corrected chi connectivity index (χ1v) is 7.39. The Balaban J connectivity index is 2.41. The van der Waals surface area contributed by atoms with E-state index in [9.17, 15) is 9.59 Å². The highest BCUT2D eigenvalue weighted by Crippen LogP contribution is 2.08. The van der Waals surface area contributed by atoms with Gasteiger partial charge in [0, 0.05) is 36.4 Å². The van der Waals surface area contributed by atoms with Crippen molar-refractivity contribution < 1.29 is 14.3 Å². The Kier molecular flexibility index (Phi) is 7.53. The Hall–Kier alpha value is -1.15. The first-order chi connectivity index (χ1) is 9.54. The van der Waals surface area contributed by atoms with Crippen LogP contribution in [0.5, 0.6) is 0 Å². The molecule has 110 valence electrons. The van der Waals surface area contributed by atoms with Crippen molar-refractivity contribution >= 4 is 34.4 Å². The van der Waals surface area contributed by atoms with Gasteiger partial charge in [0.2, 0.25) is 5.91 Å². The molecule has 0 heterocycles. The van der Waals surface area contributed by atoms with Crippen LogP contribution in [0, 0.1) is 3.57 Å². The van der Waals surface area contributed by atoms with Gasteiger partial charge in [0.15, 0.2) is 0 Å². The monoisotopic (exact) mass is 390 g/mol. The summed E-state index contributed by atoms with van der Waals surface area (Å²) in [5.41, 5.74) is 0.583. The number of nitrogens with one attached hydrogen (secondary N) is 1. The van der Waals surface area contributed by atoms with Crippen molar-refractivity contribution in [3.8, 4) is 0 Å². The first kappa shape index (κ1) is 16.9. The number of benzene rings is 1. The second kappa shape index (κ2) is 8.91. The largest absolute Gasteiger partial charge is 0.385 e. The molecule has 0 spiro atoms. The predicted octanol–water partition coefficient (Wildman–Crippen LogP) is 1.52. The molecule has 0 unspecified atom stereocenters. The number of carbonyl (C=O) groups is 2. The molecule has 6 heteroatoms. The number of methoxy groups -OCH3 is 1. The van der Waals surface area contributed by atoms with Gasteiger partial charge < -0.3 is 15.0 Å². The van der Waals surface area contributed by atoms with Crippen LogP contribution in [0.15, 0.2) is 24.3 Å². The minimum atomic E-state index is -0.164. The SMILES string of the molecule is COCCCNC(=O)CN(C)C(=O)c1ccc(I)cc1. The van der Waals surface area contributed by atoms with Crippen LogP contribution >= 0.6 is 22.6 Å². The Labute approximate surface area is 132 Å². The van der Waals surface area contributed by atoms with Crippen LogP contribution in [0.25, 0.3) is 0 Å². The molecule has 1 aromatic rings. The minimum absolute atomic E-state index is 0.0534. The zero-order valence-corrected chi connectivity index (χ0v) is 13.8. The van der Waals surface area contributed by atoms with Crippen molar-refractivity contribution in [3.05, 3.63) is 33.4 Å². The van der Waals surface area contributed by atoms with Crippen molar-refractivity contribution in [2.75, 3.05) is 33.9 Å². The number of hydrogen-bond donors (Lipinski definition) is 1. The van der Waals surface area contributed by atoms with E-state index in [0.717, 1.165) is 9.99 Å². The van der Waals surface area contributed by atoms with E-state index in [4.69, 9.17) is 4.74 Å². The zero-order valence-electron chi connectivity index (χ0n) is 11.7. The van der Waals surface area contributed by atoms with Crippen LogP contribution in [0.1, 0.15) is 16.8 Å². The van der Waals surface area contributed by atoms with E-state index in [-0.39, 0.29) is 18.4 Å². The van der Waals surface area contributed by atoms with Gasteiger partial charge >= 0.3 is 0 Å². The van der Waals surface area contributed by atoms with Crippen LogP contribution in [0.2, 0.25) is 0 Å². The summed E-state index contributed by atoms with van der Waals surface area (Å²) in [6.07, 6.45) is 0.761. The van der Waals surface area contributed by atoms with Crippen molar-refractivity contribution in [1.82, 2.24) is 10.2 Å². The molecule has 2 amide bonds. The molecule has 1 N–H and O–H groups in total. The summed E-state index contributed by atoms with van der Waals surface area (Å²) in [6, 6.07) is 7.26. The highest BCUT2D eigenvalue weighted by Gasteiger charge is 2.14. The summed E-state index contributed by atoms with van der Waals surface area (Å²) in [7, 11) is 3.24. The van der Waals surface area contributed by atoms with Gasteiger partial charge in [-0.2, -0.15) is 0 Å². The molecule has 0 saturated heterocycles. The Morgan fingerprint density at radius 2 is 1.95 bits per heavy atom. The summed E-state index contributed by atoms with van der Waals surface area (Å²) in [5.74, 6) is -0.323. The molecule has 20 heavy (non-hydrogen) atoms. The molecule has 0 saturated carbocycles. The number of amides is 2. The van der Waals surface area contributed by atoms with Gasteiger partial charge in [-0.15, -0.1) is 0 Å². The van der Waals surface area contributed by atoms with Crippen LogP contribution in [0.3, 0.4) is 0 Å². The van der Waals surface area contributed by atoms with Gasteiger partial charge in [0.1, 0.15) is 0 Å². The van der Waals surface area contributed by atoms with Gasteiger partial charge in [-0.1, -0.05) is 0 Å². The van der Waals surface area contributed by atoms with E-state index in [2.05, 4.69) is 27.9 Å². The quantitative estimate of drug-likeness (QED) is 0.568. The number of rotatable bonds is 7. The van der Waals surface area contributed by atoms with E-state index in [1.807, 2.05) is 12.1 Å². The van der Waals surface area contributed by atoms with E-state index in [0.29, 0.717) is 18.7 Å². The maximum atomic E-state index is 12.1. The van der Waals surface area contributed by atoms with Crippen molar-refractivity contribution in [2.45, 2.75) is 6.42 Å². The zero-order chi connectivity index (χ0) is 15.0. The summed E-state index contributed by atoms with van der Waals surface area (Å²) >= 11 is 2.18. The van der Waals surface area contributed by atoms with E-state index in [1.54, 1.807) is 26.3 Å². The highest BCUT2D eigenvalue weighted by atomic mass is 127. The molecule has 0 aromatic heterocycles. The second-order valence-electron chi connectivity index (χ2n) is 4.36. The third kappa shape index (κ3) is 5.87. The number of nitrogens with zero attached hydrogens (tertiary/aromatic N) is 1. The molecule has 5 nitrogen and oxygen atoms in total. The molecule has 1 aromatic carbocycles. The topological polar surface area (TPSA) is 58.6 Å². The van der Waals surface area contributed by atoms with Gasteiger partial charge in [0.25, 0.3) is 5.91 Å². The number of hydrogen-bond acceptors (Lipinski definition) is 3. The van der Waals surface area contributed by atoms with Gasteiger partial charge in [-0.05, 0) is 53.3 Å². The molecule has 0 aliphatic carbocycles. The van der Waals surface area contributed by atoms with Crippen molar-refractivity contribution in [3.63, 3.8) is 0 Å². The molecule has 0 bridgehead atoms. The molecule has 0 atom stereocenters. The smallest absolute Gasteiger partial charge is 0.254 e. The summed E-state index contributed by atoms with van der Waals surface area (Å²) < 4.78 is 5.96. The van der Waals surface area contributed by atoms with Crippen molar-refractivity contribution in [2.24, 2.45) is 0 Å². The summed E-state index contributed by atoms with van der Waals surface area (Å²) in [6.45, 7) is 1.22. The van der Waals surface area contributed by atoms with Gasteiger partial charge in [-0.25, -0.2) is 0 Å². The fraction of sp³-hybridized carbons (Fsp3) is 0.429. The predicted molar refractivity (Wildman–Crippen MR) is 85.6 cm³/mol.